The molecule has 2 N–H and O–H groups in total. The molecule has 2 heterocycles. The summed E-state index contributed by atoms with van der Waals surface area (Å²) in [5.74, 6) is 1.11. The van der Waals surface area contributed by atoms with E-state index in [1.807, 2.05) is 18.2 Å². The van der Waals surface area contributed by atoms with Crippen LogP contribution in [0.5, 0.6) is 0 Å². The van der Waals surface area contributed by atoms with Gasteiger partial charge in [-0.1, -0.05) is 6.07 Å². The van der Waals surface area contributed by atoms with Gasteiger partial charge in [0.1, 0.15) is 0 Å². The number of hydrogen-bond donors (Lipinski definition) is 2. The molecular weight excluding hydrogens is 338 g/mol. The van der Waals surface area contributed by atoms with Gasteiger partial charge < -0.3 is 15.5 Å². The summed E-state index contributed by atoms with van der Waals surface area (Å²) >= 11 is 0. The molecule has 7 heteroatoms. The van der Waals surface area contributed by atoms with Crippen molar-refractivity contribution < 1.29 is 0 Å². The van der Waals surface area contributed by atoms with Crippen LogP contribution in [0.1, 0.15) is 25.1 Å². The molecule has 27 heavy (non-hydrogen) atoms. The lowest BCUT2D eigenvalue weighted by Gasteiger charge is -2.22. The minimum Gasteiger partial charge on any atom is -0.372 e. The Morgan fingerprint density at radius 1 is 1.07 bits per heavy atom. The number of nitrogens with one attached hydrogen (secondary N) is 2. The number of anilines is 4. The van der Waals surface area contributed by atoms with Gasteiger partial charge in [0, 0.05) is 30.7 Å². The number of hydrogen-bond acceptors (Lipinski definition) is 7. The first-order chi connectivity index (χ1) is 13.2. The van der Waals surface area contributed by atoms with Crippen LogP contribution in [0.3, 0.4) is 0 Å². The Labute approximate surface area is 159 Å². The third kappa shape index (κ3) is 4.91. The van der Waals surface area contributed by atoms with Crippen LogP contribution in [0.25, 0.3) is 0 Å². The SMILES string of the molecule is CCN(CC)c1ccc(Nc2nncc(NCc3ccccn3)n2)c(C)c1. The van der Waals surface area contributed by atoms with E-state index < -0.39 is 0 Å². The second-order valence-corrected chi connectivity index (χ2v) is 6.14. The van der Waals surface area contributed by atoms with Crippen molar-refractivity contribution in [3.63, 3.8) is 0 Å². The van der Waals surface area contributed by atoms with Crippen molar-refractivity contribution in [2.75, 3.05) is 28.6 Å². The fourth-order valence-electron chi connectivity index (χ4n) is 2.82. The molecule has 0 fully saturated rings. The molecule has 2 aromatic heterocycles. The summed E-state index contributed by atoms with van der Waals surface area (Å²) in [4.78, 5) is 11.1. The molecule has 7 nitrogen and oxygen atoms in total. The van der Waals surface area contributed by atoms with E-state index in [0.29, 0.717) is 18.3 Å². The first-order valence-corrected chi connectivity index (χ1v) is 9.15. The molecule has 0 aliphatic carbocycles. The highest BCUT2D eigenvalue weighted by atomic mass is 15.3. The van der Waals surface area contributed by atoms with Gasteiger partial charge in [-0.2, -0.15) is 10.1 Å². The van der Waals surface area contributed by atoms with E-state index >= 15 is 0 Å². The Morgan fingerprint density at radius 3 is 2.63 bits per heavy atom. The minimum absolute atomic E-state index is 0.458. The monoisotopic (exact) mass is 363 g/mol. The predicted octanol–water partition coefficient (Wildman–Crippen LogP) is 3.78. The van der Waals surface area contributed by atoms with Gasteiger partial charge in [0.25, 0.3) is 0 Å². The Kier molecular flexibility index (Phi) is 6.14. The lowest BCUT2D eigenvalue weighted by molar-refractivity contribution is 0.865. The van der Waals surface area contributed by atoms with Gasteiger partial charge in [-0.15, -0.1) is 5.10 Å². The van der Waals surface area contributed by atoms with Crippen LogP contribution in [0.4, 0.5) is 23.1 Å². The van der Waals surface area contributed by atoms with Gasteiger partial charge in [0.15, 0.2) is 5.82 Å². The summed E-state index contributed by atoms with van der Waals surface area (Å²) in [6.45, 7) is 8.95. The van der Waals surface area contributed by atoms with E-state index in [4.69, 9.17) is 0 Å². The summed E-state index contributed by atoms with van der Waals surface area (Å²) in [7, 11) is 0. The largest absolute Gasteiger partial charge is 0.372 e. The maximum absolute atomic E-state index is 4.48. The molecule has 140 valence electrons. The average Bonchev–Trinajstić information content (AvgIpc) is 2.70. The molecule has 0 aliphatic heterocycles. The molecule has 0 atom stereocenters. The lowest BCUT2D eigenvalue weighted by Crippen LogP contribution is -2.21. The van der Waals surface area contributed by atoms with Gasteiger partial charge in [0.2, 0.25) is 5.95 Å². The summed E-state index contributed by atoms with van der Waals surface area (Å²) in [5, 5.41) is 14.6. The van der Waals surface area contributed by atoms with Crippen LogP contribution >= 0.6 is 0 Å². The normalized spacial score (nSPS) is 10.5. The van der Waals surface area contributed by atoms with Gasteiger partial charge >= 0.3 is 0 Å². The molecule has 0 bridgehead atoms. The Hall–Kier alpha value is -3.22. The number of benzene rings is 1. The van der Waals surface area contributed by atoms with Gasteiger partial charge in [0.05, 0.1) is 18.4 Å². The Bertz CT molecular complexity index is 863. The smallest absolute Gasteiger partial charge is 0.249 e. The van der Waals surface area contributed by atoms with Crippen molar-refractivity contribution in [2.24, 2.45) is 0 Å². The Morgan fingerprint density at radius 2 is 1.93 bits per heavy atom. The summed E-state index contributed by atoms with van der Waals surface area (Å²) in [5.41, 5.74) is 4.26. The molecule has 0 saturated heterocycles. The zero-order valence-corrected chi connectivity index (χ0v) is 16.0. The number of aromatic nitrogens is 4. The second-order valence-electron chi connectivity index (χ2n) is 6.14. The Balaban J connectivity index is 1.69. The molecule has 0 saturated carbocycles. The minimum atomic E-state index is 0.458. The van der Waals surface area contributed by atoms with E-state index in [0.717, 1.165) is 30.0 Å². The van der Waals surface area contributed by atoms with Gasteiger partial charge in [-0.3, -0.25) is 4.98 Å². The van der Waals surface area contributed by atoms with Crippen LogP contribution < -0.4 is 15.5 Å². The predicted molar refractivity (Wildman–Crippen MR) is 109 cm³/mol. The summed E-state index contributed by atoms with van der Waals surface area (Å²) in [6.07, 6.45) is 3.37. The average molecular weight is 363 g/mol. The lowest BCUT2D eigenvalue weighted by atomic mass is 10.1. The molecule has 0 amide bonds. The molecule has 0 unspecified atom stereocenters. The highest BCUT2D eigenvalue weighted by Crippen LogP contribution is 2.24. The first kappa shape index (κ1) is 18.6. The van der Waals surface area contributed by atoms with Crippen LogP contribution in [-0.2, 0) is 6.54 Å². The van der Waals surface area contributed by atoms with Crippen molar-refractivity contribution in [3.8, 4) is 0 Å². The number of pyridine rings is 1. The van der Waals surface area contributed by atoms with Crippen LogP contribution in [-0.4, -0.2) is 33.3 Å². The molecule has 0 radical (unpaired) electrons. The van der Waals surface area contributed by atoms with Crippen LogP contribution in [0.15, 0.2) is 48.8 Å². The topological polar surface area (TPSA) is 78.9 Å². The van der Waals surface area contributed by atoms with Gasteiger partial charge in [-0.05, 0) is 56.7 Å². The highest BCUT2D eigenvalue weighted by Gasteiger charge is 2.07. The zero-order chi connectivity index (χ0) is 19.1. The molecule has 3 rings (SSSR count). The van der Waals surface area contributed by atoms with Crippen molar-refractivity contribution in [1.82, 2.24) is 20.2 Å². The van der Waals surface area contributed by atoms with Crippen molar-refractivity contribution in [1.29, 1.82) is 0 Å². The van der Waals surface area contributed by atoms with E-state index in [2.05, 4.69) is 74.7 Å². The van der Waals surface area contributed by atoms with E-state index in [1.54, 1.807) is 12.4 Å². The quantitative estimate of drug-likeness (QED) is 0.630. The maximum atomic E-state index is 4.48. The first-order valence-electron chi connectivity index (χ1n) is 9.15. The van der Waals surface area contributed by atoms with Crippen molar-refractivity contribution >= 4 is 23.1 Å². The fourth-order valence-corrected chi connectivity index (χ4v) is 2.82. The van der Waals surface area contributed by atoms with Crippen LogP contribution in [0.2, 0.25) is 0 Å². The fraction of sp³-hybridized carbons (Fsp3) is 0.300. The summed E-state index contributed by atoms with van der Waals surface area (Å²) in [6, 6.07) is 12.2. The molecule has 0 aliphatic rings. The maximum Gasteiger partial charge on any atom is 0.249 e. The van der Waals surface area contributed by atoms with Crippen molar-refractivity contribution in [2.45, 2.75) is 27.3 Å². The van der Waals surface area contributed by atoms with E-state index in [-0.39, 0.29) is 0 Å². The zero-order valence-electron chi connectivity index (χ0n) is 16.0. The molecule has 0 spiro atoms. The highest BCUT2D eigenvalue weighted by molar-refractivity contribution is 5.64. The van der Waals surface area contributed by atoms with Crippen molar-refractivity contribution in [3.05, 3.63) is 60.0 Å². The number of rotatable bonds is 8. The third-order valence-corrected chi connectivity index (χ3v) is 4.32. The van der Waals surface area contributed by atoms with E-state index in [1.165, 1.54) is 5.69 Å². The van der Waals surface area contributed by atoms with Crippen LogP contribution in [0, 0.1) is 6.92 Å². The molecular formula is C20H25N7. The number of nitrogens with zero attached hydrogens (tertiary/aromatic N) is 5. The molecule has 1 aromatic carbocycles. The van der Waals surface area contributed by atoms with Gasteiger partial charge in [-0.25, -0.2) is 0 Å². The van der Waals surface area contributed by atoms with E-state index in [9.17, 15) is 0 Å². The third-order valence-electron chi connectivity index (χ3n) is 4.32. The molecule has 3 aromatic rings. The second kappa shape index (κ2) is 8.93. The number of aryl methyl sites for hydroxylation is 1. The summed E-state index contributed by atoms with van der Waals surface area (Å²) < 4.78 is 0. The standard InChI is InChI=1S/C20H25N7/c1-4-27(5-2)17-9-10-18(15(3)12-17)24-20-25-19(14-23-26-20)22-13-16-8-6-7-11-21-16/h6-12,14H,4-5,13H2,1-3H3,(H2,22,24,25,26).